The van der Waals surface area contributed by atoms with Crippen LogP contribution in [0.3, 0.4) is 0 Å². The van der Waals surface area contributed by atoms with E-state index in [0.29, 0.717) is 0 Å². The Morgan fingerprint density at radius 2 is 1.60 bits per heavy atom. The van der Waals surface area contributed by atoms with Crippen molar-refractivity contribution in [3.63, 3.8) is 0 Å². The van der Waals surface area contributed by atoms with Gasteiger partial charge in [-0.3, -0.25) is 0 Å². The van der Waals surface area contributed by atoms with Gasteiger partial charge in [0.15, 0.2) is 0 Å². The Hall–Kier alpha value is 0.324. The summed E-state index contributed by atoms with van der Waals surface area (Å²) >= 11 is 0. The van der Waals surface area contributed by atoms with E-state index in [0.717, 1.165) is 6.42 Å². The summed E-state index contributed by atoms with van der Waals surface area (Å²) in [4.78, 5) is 0. The molecule has 0 aliphatic heterocycles. The monoisotopic (exact) mass is 210 g/mol. The maximum absolute atomic E-state index is 2.16. The van der Waals surface area contributed by atoms with Gasteiger partial charge < -0.3 is 7.43 Å². The Kier molecular flexibility index (Phi) is 9.63. The first-order chi connectivity index (χ1) is 3.93. The molecular weight excluding hydrogens is 197 g/mol. The fraction of sp³-hybridized carbons (Fsp3) is 0.222. The predicted octanol–water partition coefficient (Wildman–Crippen LogP) is 2.70. The molecule has 1 aromatic rings. The number of rotatable bonds is 1. The number of hydrogen-bond donors (Lipinski definition) is 0. The molecule has 1 heteroatoms. The van der Waals surface area contributed by atoms with E-state index in [-0.39, 0.29) is 40.1 Å². The molecule has 0 spiro atoms. The molecule has 0 saturated heterocycles. The zero-order valence-electron chi connectivity index (χ0n) is 6.67. The smallest absolute Gasteiger partial charge is 0 e. The fourth-order valence-corrected chi connectivity index (χ4v) is 0.714. The maximum Gasteiger partial charge on any atom is 0 e. The van der Waals surface area contributed by atoms with Gasteiger partial charge in [-0.2, -0.15) is 0 Å². The minimum atomic E-state index is 0. The predicted molar refractivity (Wildman–Crippen MR) is 42.2 cm³/mol. The van der Waals surface area contributed by atoms with Gasteiger partial charge in [0.25, 0.3) is 0 Å². The second-order valence-electron chi connectivity index (χ2n) is 1.84. The third-order valence-corrected chi connectivity index (χ3v) is 1.25. The quantitative estimate of drug-likeness (QED) is 0.625. The molecule has 0 bridgehead atoms. The van der Waals surface area contributed by atoms with Crippen LogP contribution in [0.1, 0.15) is 12.5 Å². The van der Waals surface area contributed by atoms with E-state index in [1.165, 1.54) is 5.56 Å². The molecule has 0 atom stereocenters. The van der Waals surface area contributed by atoms with Gasteiger partial charge in [0, 0.05) is 32.7 Å². The van der Waals surface area contributed by atoms with Crippen LogP contribution in [0.15, 0.2) is 30.3 Å². The molecule has 0 N–H and O–H groups in total. The molecule has 0 heterocycles. The minimum absolute atomic E-state index is 0. The third-order valence-electron chi connectivity index (χ3n) is 1.25. The van der Waals surface area contributed by atoms with Crippen LogP contribution in [0.25, 0.3) is 0 Å². The Bertz CT molecular complexity index is 146. The van der Waals surface area contributed by atoms with E-state index < -0.39 is 0 Å². The Morgan fingerprint density at radius 3 is 1.90 bits per heavy atom. The summed E-state index contributed by atoms with van der Waals surface area (Å²) in [5, 5.41) is 0. The number of hydrogen-bond acceptors (Lipinski definition) is 0. The van der Waals surface area contributed by atoms with Crippen LogP contribution >= 0.6 is 0 Å². The van der Waals surface area contributed by atoms with Crippen LogP contribution in [-0.4, -0.2) is 0 Å². The van der Waals surface area contributed by atoms with Gasteiger partial charge in [-0.25, -0.2) is 0 Å². The van der Waals surface area contributed by atoms with Gasteiger partial charge in [-0.05, 0) is 12.0 Å². The molecule has 0 aromatic heterocycles. The minimum Gasteiger partial charge on any atom is -0.358 e. The van der Waals surface area contributed by atoms with Gasteiger partial charge in [-0.1, -0.05) is 37.3 Å². The van der Waals surface area contributed by atoms with Gasteiger partial charge in [0.05, 0.1) is 0 Å². The normalized spacial score (nSPS) is 7.30. The summed E-state index contributed by atoms with van der Waals surface area (Å²) in [6, 6.07) is 10.5. The summed E-state index contributed by atoms with van der Waals surface area (Å²) in [5.74, 6) is 0. The molecule has 10 heavy (non-hydrogen) atoms. The summed E-state index contributed by atoms with van der Waals surface area (Å²) in [7, 11) is 0. The standard InChI is InChI=1S/C8H10.CH3.Y/c1-2-8-6-4-3-5-7-8;;/h3-7H,2H2,1H3;1H3;/q;-1;. The van der Waals surface area contributed by atoms with E-state index in [1.807, 2.05) is 6.07 Å². The maximum atomic E-state index is 2.16. The van der Waals surface area contributed by atoms with Crippen molar-refractivity contribution in [2.24, 2.45) is 0 Å². The first-order valence-corrected chi connectivity index (χ1v) is 2.97. The first kappa shape index (κ1) is 13.0. The molecule has 1 rings (SSSR count). The zero-order valence-corrected chi connectivity index (χ0v) is 9.51. The number of aryl methyl sites for hydroxylation is 1. The van der Waals surface area contributed by atoms with Crippen molar-refractivity contribution < 1.29 is 32.7 Å². The topological polar surface area (TPSA) is 0 Å². The van der Waals surface area contributed by atoms with Crippen LogP contribution < -0.4 is 0 Å². The SMILES string of the molecule is CCc1ccccc1.[CH3-].[Y]. The Morgan fingerprint density at radius 1 is 1.10 bits per heavy atom. The van der Waals surface area contributed by atoms with E-state index in [1.54, 1.807) is 0 Å². The first-order valence-electron chi connectivity index (χ1n) is 2.97. The molecule has 0 unspecified atom stereocenters. The molecular formula is C9H13Y-. The molecule has 0 fully saturated rings. The van der Waals surface area contributed by atoms with Crippen molar-refractivity contribution >= 4 is 0 Å². The molecule has 53 valence electrons. The van der Waals surface area contributed by atoms with Gasteiger partial charge in [0.1, 0.15) is 0 Å². The van der Waals surface area contributed by atoms with Crippen molar-refractivity contribution in [1.82, 2.24) is 0 Å². The molecule has 0 amide bonds. The van der Waals surface area contributed by atoms with Gasteiger partial charge >= 0.3 is 0 Å². The van der Waals surface area contributed by atoms with Crippen molar-refractivity contribution in [3.05, 3.63) is 43.3 Å². The molecule has 1 radical (unpaired) electrons. The van der Waals surface area contributed by atoms with Crippen LogP contribution in [0.4, 0.5) is 0 Å². The van der Waals surface area contributed by atoms with Crippen LogP contribution in [-0.2, 0) is 39.1 Å². The van der Waals surface area contributed by atoms with Gasteiger partial charge in [0.2, 0.25) is 0 Å². The second-order valence-corrected chi connectivity index (χ2v) is 1.84. The van der Waals surface area contributed by atoms with Gasteiger partial charge in [-0.15, -0.1) is 0 Å². The summed E-state index contributed by atoms with van der Waals surface area (Å²) < 4.78 is 0. The molecule has 0 nitrogen and oxygen atoms in total. The average Bonchev–Trinajstić information content (AvgIpc) is 1.90. The molecule has 0 aliphatic carbocycles. The molecule has 0 aliphatic rings. The van der Waals surface area contributed by atoms with Crippen molar-refractivity contribution in [1.29, 1.82) is 0 Å². The largest absolute Gasteiger partial charge is 0.358 e. The van der Waals surface area contributed by atoms with E-state index in [2.05, 4.69) is 31.2 Å². The third kappa shape index (κ3) is 4.19. The Balaban J connectivity index is 0. The number of benzene rings is 1. The molecule has 1 aromatic carbocycles. The van der Waals surface area contributed by atoms with Crippen LogP contribution in [0.2, 0.25) is 0 Å². The summed E-state index contributed by atoms with van der Waals surface area (Å²) in [6.07, 6.45) is 1.14. The van der Waals surface area contributed by atoms with E-state index >= 15 is 0 Å². The van der Waals surface area contributed by atoms with E-state index in [9.17, 15) is 0 Å². The van der Waals surface area contributed by atoms with Crippen LogP contribution in [0.5, 0.6) is 0 Å². The zero-order chi connectivity index (χ0) is 5.82. The van der Waals surface area contributed by atoms with Crippen LogP contribution in [0, 0.1) is 7.43 Å². The Labute approximate surface area is 88.9 Å². The second kappa shape index (κ2) is 7.43. The van der Waals surface area contributed by atoms with E-state index in [4.69, 9.17) is 0 Å². The average molecular weight is 210 g/mol. The summed E-state index contributed by atoms with van der Waals surface area (Å²) in [5.41, 5.74) is 1.41. The van der Waals surface area contributed by atoms with Crippen molar-refractivity contribution in [2.45, 2.75) is 13.3 Å². The fourth-order valence-electron chi connectivity index (χ4n) is 0.714. The molecule has 0 saturated carbocycles. The summed E-state index contributed by atoms with van der Waals surface area (Å²) in [6.45, 7) is 2.16. The van der Waals surface area contributed by atoms with Crippen molar-refractivity contribution in [3.8, 4) is 0 Å². The van der Waals surface area contributed by atoms with Crippen molar-refractivity contribution in [2.75, 3.05) is 0 Å².